The van der Waals surface area contributed by atoms with Gasteiger partial charge in [-0.1, -0.05) is 27.5 Å². The summed E-state index contributed by atoms with van der Waals surface area (Å²) in [5.41, 5.74) is 0.0123. The molecule has 1 aromatic rings. The minimum absolute atomic E-state index is 0.0123. The van der Waals surface area contributed by atoms with Crippen LogP contribution >= 0.6 is 27.5 Å². The molecule has 0 fully saturated rings. The number of aromatic hydroxyl groups is 1. The van der Waals surface area contributed by atoms with Crippen molar-refractivity contribution >= 4 is 33.4 Å². The fraction of sp³-hybridized carbons (Fsp3) is 0.364. The molecular formula is C11H11BrClF2NO2. The number of phenols is 1. The van der Waals surface area contributed by atoms with E-state index >= 15 is 0 Å². The Labute approximate surface area is 116 Å². The van der Waals surface area contributed by atoms with Crippen LogP contribution in [0.4, 0.5) is 8.78 Å². The van der Waals surface area contributed by atoms with Gasteiger partial charge in [-0.25, -0.2) is 8.78 Å². The first kappa shape index (κ1) is 15.2. The van der Waals surface area contributed by atoms with Gasteiger partial charge in [0.05, 0.1) is 17.1 Å². The van der Waals surface area contributed by atoms with Crippen LogP contribution in [0.25, 0.3) is 0 Å². The van der Waals surface area contributed by atoms with E-state index in [0.717, 1.165) is 11.0 Å². The van der Waals surface area contributed by atoms with Crippen molar-refractivity contribution in [3.05, 3.63) is 28.8 Å². The third kappa shape index (κ3) is 4.10. The number of carbonyl (C=O) groups is 1. The lowest BCUT2D eigenvalue weighted by Gasteiger charge is -2.21. The predicted molar refractivity (Wildman–Crippen MR) is 68.8 cm³/mol. The first-order valence-corrected chi connectivity index (χ1v) is 6.57. The highest BCUT2D eigenvalue weighted by molar-refractivity contribution is 9.09. The lowest BCUT2D eigenvalue weighted by Crippen LogP contribution is -2.36. The van der Waals surface area contributed by atoms with Crippen molar-refractivity contribution in [3.8, 4) is 5.75 Å². The van der Waals surface area contributed by atoms with Crippen molar-refractivity contribution in [1.29, 1.82) is 0 Å². The number of hydrogen-bond donors (Lipinski definition) is 1. The molecule has 0 saturated heterocycles. The van der Waals surface area contributed by atoms with Gasteiger partial charge in [0.25, 0.3) is 12.3 Å². The van der Waals surface area contributed by atoms with Crippen LogP contribution in [0.1, 0.15) is 10.4 Å². The van der Waals surface area contributed by atoms with Crippen molar-refractivity contribution < 1.29 is 18.7 Å². The Bertz CT molecular complexity index is 432. The molecule has 1 rings (SSSR count). The fourth-order valence-corrected chi connectivity index (χ4v) is 2.02. The summed E-state index contributed by atoms with van der Waals surface area (Å²) in [6.07, 6.45) is -2.62. The molecule has 0 atom stereocenters. The van der Waals surface area contributed by atoms with E-state index in [1.165, 1.54) is 12.1 Å². The second kappa shape index (κ2) is 6.89. The summed E-state index contributed by atoms with van der Waals surface area (Å²) in [6, 6.07) is 3.83. The van der Waals surface area contributed by atoms with E-state index in [0.29, 0.717) is 5.33 Å². The van der Waals surface area contributed by atoms with Crippen LogP contribution in [0.2, 0.25) is 5.02 Å². The van der Waals surface area contributed by atoms with Gasteiger partial charge in [0.15, 0.2) is 0 Å². The van der Waals surface area contributed by atoms with E-state index in [1.807, 2.05) is 0 Å². The largest absolute Gasteiger partial charge is 0.508 e. The van der Waals surface area contributed by atoms with Crippen LogP contribution < -0.4 is 0 Å². The predicted octanol–water partition coefficient (Wildman–Crippen LogP) is 3.15. The van der Waals surface area contributed by atoms with E-state index in [1.54, 1.807) is 0 Å². The van der Waals surface area contributed by atoms with Crippen molar-refractivity contribution in [2.24, 2.45) is 0 Å². The Morgan fingerprint density at radius 3 is 2.72 bits per heavy atom. The molecule has 18 heavy (non-hydrogen) atoms. The molecule has 0 radical (unpaired) electrons. The highest BCUT2D eigenvalue weighted by Gasteiger charge is 2.21. The Balaban J connectivity index is 2.97. The Morgan fingerprint density at radius 1 is 1.50 bits per heavy atom. The number of hydrogen-bond acceptors (Lipinski definition) is 2. The van der Waals surface area contributed by atoms with Gasteiger partial charge in [-0.15, -0.1) is 0 Å². The zero-order valence-electron chi connectivity index (χ0n) is 9.25. The number of nitrogens with zero attached hydrogens (tertiary/aromatic N) is 1. The van der Waals surface area contributed by atoms with Gasteiger partial charge in [-0.05, 0) is 18.2 Å². The molecule has 0 aliphatic heterocycles. The maximum atomic E-state index is 12.4. The van der Waals surface area contributed by atoms with E-state index in [9.17, 15) is 18.7 Å². The van der Waals surface area contributed by atoms with Gasteiger partial charge in [0.2, 0.25) is 0 Å². The number of carbonyl (C=O) groups excluding carboxylic acids is 1. The van der Waals surface area contributed by atoms with E-state index in [4.69, 9.17) is 11.6 Å². The van der Waals surface area contributed by atoms with Gasteiger partial charge >= 0.3 is 0 Å². The summed E-state index contributed by atoms with van der Waals surface area (Å²) in [4.78, 5) is 13.0. The summed E-state index contributed by atoms with van der Waals surface area (Å²) >= 11 is 8.91. The second-order valence-electron chi connectivity index (χ2n) is 3.50. The first-order valence-electron chi connectivity index (χ1n) is 5.07. The number of halogens is 4. The van der Waals surface area contributed by atoms with Crippen LogP contribution in [-0.2, 0) is 0 Å². The molecule has 1 amide bonds. The molecule has 0 aliphatic carbocycles. The minimum atomic E-state index is -2.62. The van der Waals surface area contributed by atoms with Crippen molar-refractivity contribution in [1.82, 2.24) is 4.90 Å². The molecule has 0 spiro atoms. The molecular weight excluding hydrogens is 331 g/mol. The lowest BCUT2D eigenvalue weighted by atomic mass is 10.2. The molecule has 0 aliphatic rings. The Kier molecular flexibility index (Phi) is 5.81. The third-order valence-corrected chi connectivity index (χ3v) is 2.86. The maximum Gasteiger partial charge on any atom is 0.255 e. The summed E-state index contributed by atoms with van der Waals surface area (Å²) in [6.45, 7) is -0.536. The van der Waals surface area contributed by atoms with Crippen LogP contribution in [0.15, 0.2) is 18.2 Å². The molecule has 100 valence electrons. The third-order valence-electron chi connectivity index (χ3n) is 2.18. The number of alkyl halides is 3. The molecule has 0 unspecified atom stereocenters. The van der Waals surface area contributed by atoms with Crippen molar-refractivity contribution in [3.63, 3.8) is 0 Å². The number of phenolic OH excluding ortho intramolecular Hbond substituents is 1. The Hall–Kier alpha value is -0.880. The molecule has 1 aromatic carbocycles. The molecule has 0 heterocycles. The van der Waals surface area contributed by atoms with Crippen molar-refractivity contribution in [2.45, 2.75) is 6.43 Å². The van der Waals surface area contributed by atoms with Gasteiger partial charge in [0.1, 0.15) is 5.75 Å². The lowest BCUT2D eigenvalue weighted by molar-refractivity contribution is 0.0572. The van der Waals surface area contributed by atoms with Crippen LogP contribution in [0.3, 0.4) is 0 Å². The monoisotopic (exact) mass is 341 g/mol. The molecule has 0 saturated carbocycles. The normalized spacial score (nSPS) is 10.7. The van der Waals surface area contributed by atoms with Crippen molar-refractivity contribution in [2.75, 3.05) is 18.4 Å². The van der Waals surface area contributed by atoms with Gasteiger partial charge in [0, 0.05) is 11.9 Å². The molecule has 0 aromatic heterocycles. The first-order chi connectivity index (χ1) is 8.45. The molecule has 0 bridgehead atoms. The van der Waals surface area contributed by atoms with Crippen LogP contribution in [0.5, 0.6) is 5.75 Å². The van der Waals surface area contributed by atoms with Gasteiger partial charge in [-0.3, -0.25) is 4.79 Å². The minimum Gasteiger partial charge on any atom is -0.508 e. The number of amides is 1. The average molecular weight is 343 g/mol. The maximum absolute atomic E-state index is 12.4. The van der Waals surface area contributed by atoms with Gasteiger partial charge < -0.3 is 10.0 Å². The molecule has 3 nitrogen and oxygen atoms in total. The summed E-state index contributed by atoms with van der Waals surface area (Å²) < 4.78 is 24.7. The second-order valence-corrected chi connectivity index (χ2v) is 4.70. The highest BCUT2D eigenvalue weighted by atomic mass is 79.9. The zero-order valence-corrected chi connectivity index (χ0v) is 11.6. The van der Waals surface area contributed by atoms with E-state index in [-0.39, 0.29) is 22.9 Å². The summed E-state index contributed by atoms with van der Waals surface area (Å²) in [7, 11) is 0. The van der Waals surface area contributed by atoms with Crippen LogP contribution in [-0.4, -0.2) is 40.8 Å². The molecule has 7 heteroatoms. The summed E-state index contributed by atoms with van der Waals surface area (Å²) in [5, 5.41) is 9.79. The number of benzene rings is 1. The SMILES string of the molecule is O=C(c1cc(O)ccc1Cl)N(CCBr)CC(F)F. The smallest absolute Gasteiger partial charge is 0.255 e. The highest BCUT2D eigenvalue weighted by Crippen LogP contribution is 2.23. The van der Waals surface area contributed by atoms with Crippen LogP contribution in [0, 0.1) is 0 Å². The fourth-order valence-electron chi connectivity index (χ4n) is 1.39. The topological polar surface area (TPSA) is 40.5 Å². The summed E-state index contributed by atoms with van der Waals surface area (Å²) in [5.74, 6) is -0.769. The zero-order chi connectivity index (χ0) is 13.7. The Morgan fingerprint density at radius 2 is 2.17 bits per heavy atom. The van der Waals surface area contributed by atoms with E-state index < -0.39 is 18.9 Å². The number of rotatable bonds is 5. The van der Waals surface area contributed by atoms with E-state index in [2.05, 4.69) is 15.9 Å². The van der Waals surface area contributed by atoms with Gasteiger partial charge in [-0.2, -0.15) is 0 Å². The quantitative estimate of drug-likeness (QED) is 0.835. The average Bonchev–Trinajstić information content (AvgIpc) is 2.30. The molecule has 1 N–H and O–H groups in total. The standard InChI is InChI=1S/C11H11BrClF2NO2/c12-3-4-16(6-10(14)15)11(18)8-5-7(17)1-2-9(8)13/h1-2,5,10,17H,3-4,6H2.